The van der Waals surface area contributed by atoms with Gasteiger partial charge < -0.3 is 9.47 Å². The molecule has 0 amide bonds. The molecule has 0 bridgehead atoms. The molecule has 1 aromatic rings. The normalized spacial score (nSPS) is 10.9. The quantitative estimate of drug-likeness (QED) is 0.568. The molecular weight excluding hydrogens is 256 g/mol. The second-order valence-electron chi connectivity index (χ2n) is 5.13. The van der Waals surface area contributed by atoms with Crippen LogP contribution in [0.2, 0.25) is 0 Å². The number of carbonyl (C=O) groups is 2. The summed E-state index contributed by atoms with van der Waals surface area (Å²) in [4.78, 5) is 23.7. The summed E-state index contributed by atoms with van der Waals surface area (Å²) in [5, 5.41) is 0. The smallest absolute Gasteiger partial charge is 0.322 e. The van der Waals surface area contributed by atoms with Crippen LogP contribution in [0, 0.1) is 5.41 Å². The van der Waals surface area contributed by atoms with Gasteiger partial charge in [0.25, 0.3) is 0 Å². The zero-order chi connectivity index (χ0) is 15.0. The van der Waals surface area contributed by atoms with Crippen LogP contribution >= 0.6 is 0 Å². The Balaban J connectivity index is 2.43. The van der Waals surface area contributed by atoms with Crippen molar-refractivity contribution in [3.8, 4) is 0 Å². The fraction of sp³-hybridized carbons (Fsp3) is 0.500. The second kappa shape index (κ2) is 7.68. The number of hydrogen-bond donors (Lipinski definition) is 0. The molecular formula is C16H22O4. The van der Waals surface area contributed by atoms with Gasteiger partial charge in [0.1, 0.15) is 0 Å². The minimum absolute atomic E-state index is 0.257. The highest BCUT2D eigenvalue weighted by atomic mass is 16.6. The molecule has 0 heterocycles. The molecule has 0 fully saturated rings. The first-order valence-electron chi connectivity index (χ1n) is 6.87. The second-order valence-corrected chi connectivity index (χ2v) is 5.13. The van der Waals surface area contributed by atoms with Crippen molar-refractivity contribution >= 4 is 11.9 Å². The Morgan fingerprint density at radius 2 is 1.55 bits per heavy atom. The van der Waals surface area contributed by atoms with Crippen molar-refractivity contribution in [2.24, 2.45) is 5.41 Å². The van der Waals surface area contributed by atoms with Gasteiger partial charge >= 0.3 is 11.9 Å². The van der Waals surface area contributed by atoms with Crippen LogP contribution in [0.15, 0.2) is 30.3 Å². The Bertz CT molecular complexity index is 437. The highest BCUT2D eigenvalue weighted by Gasteiger charge is 2.39. The van der Waals surface area contributed by atoms with E-state index in [1.54, 1.807) is 0 Å². The van der Waals surface area contributed by atoms with Crippen molar-refractivity contribution in [3.05, 3.63) is 35.9 Å². The lowest BCUT2D eigenvalue weighted by Crippen LogP contribution is -2.37. The maximum absolute atomic E-state index is 11.9. The third-order valence-corrected chi connectivity index (χ3v) is 2.92. The van der Waals surface area contributed by atoms with E-state index in [2.05, 4.69) is 0 Å². The summed E-state index contributed by atoms with van der Waals surface area (Å²) in [7, 11) is 0. The Morgan fingerprint density at radius 3 is 2.10 bits per heavy atom. The first kappa shape index (κ1) is 16.2. The van der Waals surface area contributed by atoms with Crippen LogP contribution in [0.25, 0.3) is 0 Å². The van der Waals surface area contributed by atoms with Crippen molar-refractivity contribution in [1.82, 2.24) is 0 Å². The molecule has 4 nitrogen and oxygen atoms in total. The Hall–Kier alpha value is -1.84. The van der Waals surface area contributed by atoms with Crippen molar-refractivity contribution in [2.75, 3.05) is 13.2 Å². The van der Waals surface area contributed by atoms with Crippen molar-refractivity contribution in [2.45, 2.75) is 33.6 Å². The molecule has 0 saturated carbocycles. The summed E-state index contributed by atoms with van der Waals surface area (Å²) < 4.78 is 10.2. The van der Waals surface area contributed by atoms with E-state index in [4.69, 9.17) is 9.47 Å². The van der Waals surface area contributed by atoms with Gasteiger partial charge in [-0.1, -0.05) is 37.3 Å². The summed E-state index contributed by atoms with van der Waals surface area (Å²) >= 11 is 0. The molecule has 0 aromatic heterocycles. The average Bonchev–Trinajstić information content (AvgIpc) is 2.45. The zero-order valence-corrected chi connectivity index (χ0v) is 12.3. The van der Waals surface area contributed by atoms with Crippen molar-refractivity contribution < 1.29 is 19.1 Å². The van der Waals surface area contributed by atoms with Gasteiger partial charge in [-0.3, -0.25) is 9.59 Å². The van der Waals surface area contributed by atoms with Crippen LogP contribution < -0.4 is 0 Å². The van der Waals surface area contributed by atoms with Crippen LogP contribution in [0.4, 0.5) is 0 Å². The molecule has 0 aliphatic rings. The van der Waals surface area contributed by atoms with Gasteiger partial charge in [0.05, 0.1) is 13.2 Å². The minimum Gasteiger partial charge on any atom is -0.465 e. The molecule has 1 rings (SSSR count). The molecule has 0 aliphatic carbocycles. The summed E-state index contributed by atoms with van der Waals surface area (Å²) in [5.74, 6) is -1.08. The lowest BCUT2D eigenvalue weighted by molar-refractivity contribution is -0.169. The van der Waals surface area contributed by atoms with E-state index in [9.17, 15) is 9.59 Å². The molecule has 0 spiro atoms. The van der Waals surface area contributed by atoms with Gasteiger partial charge in [-0.2, -0.15) is 0 Å². The van der Waals surface area contributed by atoms with Crippen molar-refractivity contribution in [1.29, 1.82) is 0 Å². The molecule has 0 aliphatic heterocycles. The predicted octanol–water partition coefficient (Wildman–Crippen LogP) is 2.75. The number of hydrogen-bond acceptors (Lipinski definition) is 4. The minimum atomic E-state index is -1.26. The van der Waals surface area contributed by atoms with E-state index in [1.165, 1.54) is 13.8 Å². The molecule has 0 atom stereocenters. The Labute approximate surface area is 120 Å². The van der Waals surface area contributed by atoms with E-state index in [0.717, 1.165) is 12.0 Å². The van der Waals surface area contributed by atoms with Crippen LogP contribution in [0.3, 0.4) is 0 Å². The van der Waals surface area contributed by atoms with Crippen LogP contribution in [0.1, 0.15) is 32.8 Å². The van der Waals surface area contributed by atoms with E-state index in [0.29, 0.717) is 13.0 Å². The molecule has 0 saturated heterocycles. The SMILES string of the molecule is CCCOC(=O)C(C)(C)C(=O)OCCc1ccccc1. The molecule has 0 unspecified atom stereocenters. The first-order valence-corrected chi connectivity index (χ1v) is 6.87. The molecule has 4 heteroatoms. The van der Waals surface area contributed by atoms with Gasteiger partial charge in [0, 0.05) is 6.42 Å². The topological polar surface area (TPSA) is 52.6 Å². The summed E-state index contributed by atoms with van der Waals surface area (Å²) in [6.45, 7) is 5.52. The van der Waals surface area contributed by atoms with Crippen LogP contribution in [-0.2, 0) is 25.5 Å². The molecule has 110 valence electrons. The maximum Gasteiger partial charge on any atom is 0.322 e. The number of rotatable bonds is 7. The third kappa shape index (κ3) is 4.68. The first-order chi connectivity index (χ1) is 9.48. The molecule has 0 N–H and O–H groups in total. The highest BCUT2D eigenvalue weighted by Crippen LogP contribution is 2.20. The number of benzene rings is 1. The van der Waals surface area contributed by atoms with Gasteiger partial charge in [-0.15, -0.1) is 0 Å². The predicted molar refractivity (Wildman–Crippen MR) is 76.1 cm³/mol. The number of esters is 2. The van der Waals surface area contributed by atoms with Gasteiger partial charge in [-0.05, 0) is 25.8 Å². The summed E-state index contributed by atoms with van der Waals surface area (Å²) in [5.41, 5.74) is -0.169. The monoisotopic (exact) mass is 278 g/mol. The van der Waals surface area contributed by atoms with Crippen molar-refractivity contribution in [3.63, 3.8) is 0 Å². The van der Waals surface area contributed by atoms with E-state index < -0.39 is 17.4 Å². The fourth-order valence-electron chi connectivity index (χ4n) is 1.55. The largest absolute Gasteiger partial charge is 0.465 e. The summed E-state index contributed by atoms with van der Waals surface area (Å²) in [6.07, 6.45) is 1.36. The molecule has 0 radical (unpaired) electrons. The molecule has 1 aromatic carbocycles. The fourth-order valence-corrected chi connectivity index (χ4v) is 1.55. The number of carbonyl (C=O) groups excluding carboxylic acids is 2. The van der Waals surface area contributed by atoms with Crippen LogP contribution in [-0.4, -0.2) is 25.2 Å². The Kier molecular flexibility index (Phi) is 6.22. The van der Waals surface area contributed by atoms with E-state index in [1.807, 2.05) is 37.3 Å². The standard InChI is InChI=1S/C16H22O4/c1-4-11-19-14(17)16(2,3)15(18)20-12-10-13-8-6-5-7-9-13/h5-9H,4,10-12H2,1-3H3. The zero-order valence-electron chi connectivity index (χ0n) is 12.3. The maximum atomic E-state index is 11.9. The van der Waals surface area contributed by atoms with Gasteiger partial charge in [-0.25, -0.2) is 0 Å². The van der Waals surface area contributed by atoms with Gasteiger partial charge in [0.2, 0.25) is 0 Å². The third-order valence-electron chi connectivity index (χ3n) is 2.92. The van der Waals surface area contributed by atoms with Gasteiger partial charge in [0.15, 0.2) is 5.41 Å². The van der Waals surface area contributed by atoms with E-state index in [-0.39, 0.29) is 6.61 Å². The van der Waals surface area contributed by atoms with E-state index >= 15 is 0 Å². The average molecular weight is 278 g/mol. The Morgan fingerprint density at radius 1 is 1.00 bits per heavy atom. The lowest BCUT2D eigenvalue weighted by Gasteiger charge is -2.20. The summed E-state index contributed by atoms with van der Waals surface area (Å²) in [6, 6.07) is 9.73. The van der Waals surface area contributed by atoms with Crippen LogP contribution in [0.5, 0.6) is 0 Å². The number of ether oxygens (including phenoxy) is 2. The lowest BCUT2D eigenvalue weighted by atomic mass is 9.94. The highest BCUT2D eigenvalue weighted by molar-refractivity contribution is 5.99. The molecule has 20 heavy (non-hydrogen) atoms.